The summed E-state index contributed by atoms with van der Waals surface area (Å²) >= 11 is 0. The second kappa shape index (κ2) is 5.37. The largest absolute Gasteiger partial charge is 0.342 e. The number of nitrogens with one attached hydrogen (secondary N) is 1. The molecule has 4 heteroatoms. The molecule has 0 aliphatic carbocycles. The van der Waals surface area contributed by atoms with Crippen molar-refractivity contribution in [1.82, 2.24) is 10.2 Å². The van der Waals surface area contributed by atoms with Gasteiger partial charge in [-0.15, -0.1) is 12.4 Å². The quantitative estimate of drug-likeness (QED) is 0.804. The van der Waals surface area contributed by atoms with Crippen molar-refractivity contribution in [2.45, 2.75) is 33.1 Å². The van der Waals surface area contributed by atoms with Gasteiger partial charge in [0.2, 0.25) is 5.91 Å². The Morgan fingerprint density at radius 2 is 1.94 bits per heavy atom. The number of hydrogen-bond acceptors (Lipinski definition) is 2. The summed E-state index contributed by atoms with van der Waals surface area (Å²) in [7, 11) is 0. The number of hydrogen-bond donors (Lipinski definition) is 1. The average molecular weight is 247 g/mol. The van der Waals surface area contributed by atoms with Crippen LogP contribution in [-0.2, 0) is 4.79 Å². The molecule has 2 aliphatic rings. The highest BCUT2D eigenvalue weighted by Crippen LogP contribution is 2.34. The minimum atomic E-state index is 0. The molecule has 0 unspecified atom stereocenters. The first kappa shape index (κ1) is 13.8. The van der Waals surface area contributed by atoms with Gasteiger partial charge in [-0.05, 0) is 18.3 Å². The van der Waals surface area contributed by atoms with Gasteiger partial charge >= 0.3 is 0 Å². The SMILES string of the molecule is CCC1(C)CCN(C(=O)C2CNC2)CC1.Cl. The van der Waals surface area contributed by atoms with Gasteiger partial charge in [0.1, 0.15) is 0 Å². The molecule has 0 aromatic carbocycles. The van der Waals surface area contributed by atoms with E-state index in [4.69, 9.17) is 0 Å². The number of rotatable bonds is 2. The maximum atomic E-state index is 12.0. The van der Waals surface area contributed by atoms with Gasteiger partial charge < -0.3 is 10.2 Å². The van der Waals surface area contributed by atoms with Crippen LogP contribution in [0.3, 0.4) is 0 Å². The van der Waals surface area contributed by atoms with Gasteiger partial charge in [0.05, 0.1) is 5.92 Å². The maximum Gasteiger partial charge on any atom is 0.228 e. The van der Waals surface area contributed by atoms with Gasteiger partial charge in [-0.1, -0.05) is 20.3 Å². The van der Waals surface area contributed by atoms with E-state index < -0.39 is 0 Å². The molecule has 94 valence electrons. The predicted octanol–water partition coefficient (Wildman–Crippen LogP) is 1.67. The minimum absolute atomic E-state index is 0. The molecule has 0 radical (unpaired) electrons. The molecule has 0 aromatic heterocycles. The van der Waals surface area contributed by atoms with Crippen LogP contribution in [0.1, 0.15) is 33.1 Å². The fourth-order valence-corrected chi connectivity index (χ4v) is 2.34. The molecule has 2 heterocycles. The highest BCUT2D eigenvalue weighted by molar-refractivity contribution is 5.85. The van der Waals surface area contributed by atoms with E-state index in [2.05, 4.69) is 24.1 Å². The third kappa shape index (κ3) is 2.69. The van der Waals surface area contributed by atoms with Crippen LogP contribution in [-0.4, -0.2) is 37.0 Å². The summed E-state index contributed by atoms with van der Waals surface area (Å²) in [5.41, 5.74) is 0.481. The lowest BCUT2D eigenvalue weighted by Crippen LogP contribution is -2.54. The van der Waals surface area contributed by atoms with Gasteiger partial charge in [0.15, 0.2) is 0 Å². The summed E-state index contributed by atoms with van der Waals surface area (Å²) in [5, 5.41) is 3.16. The molecule has 1 amide bonds. The summed E-state index contributed by atoms with van der Waals surface area (Å²) in [4.78, 5) is 14.0. The maximum absolute atomic E-state index is 12.0. The minimum Gasteiger partial charge on any atom is -0.342 e. The Hall–Kier alpha value is -0.280. The number of carbonyl (C=O) groups excluding carboxylic acids is 1. The van der Waals surface area contributed by atoms with Crippen LogP contribution in [0.4, 0.5) is 0 Å². The van der Waals surface area contributed by atoms with E-state index in [9.17, 15) is 4.79 Å². The summed E-state index contributed by atoms with van der Waals surface area (Å²) in [6.07, 6.45) is 3.59. The van der Waals surface area contributed by atoms with E-state index >= 15 is 0 Å². The number of amides is 1. The van der Waals surface area contributed by atoms with Crippen LogP contribution in [0.5, 0.6) is 0 Å². The van der Waals surface area contributed by atoms with Crippen LogP contribution < -0.4 is 5.32 Å². The molecule has 2 fully saturated rings. The summed E-state index contributed by atoms with van der Waals surface area (Å²) < 4.78 is 0. The molecular formula is C12H23ClN2O. The molecule has 1 N–H and O–H groups in total. The second-order valence-electron chi connectivity index (χ2n) is 5.34. The first-order chi connectivity index (χ1) is 7.14. The normalized spacial score (nSPS) is 24.5. The highest BCUT2D eigenvalue weighted by atomic mass is 35.5. The average Bonchev–Trinajstić information content (AvgIpc) is 2.16. The van der Waals surface area contributed by atoms with Crippen molar-refractivity contribution >= 4 is 18.3 Å². The third-order valence-corrected chi connectivity index (χ3v) is 4.27. The molecule has 3 nitrogen and oxygen atoms in total. The fourth-order valence-electron chi connectivity index (χ4n) is 2.34. The standard InChI is InChI=1S/C12H22N2O.ClH/c1-3-12(2)4-6-14(7-5-12)11(15)10-8-13-9-10;/h10,13H,3-9H2,1-2H3;1H. The zero-order chi connectivity index (χ0) is 10.9. The molecule has 2 aliphatic heterocycles. The van der Waals surface area contributed by atoms with Crippen molar-refractivity contribution in [2.75, 3.05) is 26.2 Å². The lowest BCUT2D eigenvalue weighted by atomic mass is 9.78. The van der Waals surface area contributed by atoms with Gasteiger partial charge in [0.25, 0.3) is 0 Å². The first-order valence-electron chi connectivity index (χ1n) is 6.14. The first-order valence-corrected chi connectivity index (χ1v) is 6.14. The van der Waals surface area contributed by atoms with Crippen molar-refractivity contribution in [3.63, 3.8) is 0 Å². The van der Waals surface area contributed by atoms with Crippen molar-refractivity contribution < 1.29 is 4.79 Å². The Bertz CT molecular complexity index is 245. The molecule has 0 saturated carbocycles. The summed E-state index contributed by atoms with van der Waals surface area (Å²) in [6, 6.07) is 0. The fraction of sp³-hybridized carbons (Fsp3) is 0.917. The molecule has 2 rings (SSSR count). The monoisotopic (exact) mass is 246 g/mol. The van der Waals surface area contributed by atoms with Crippen molar-refractivity contribution in [2.24, 2.45) is 11.3 Å². The van der Waals surface area contributed by atoms with E-state index in [0.29, 0.717) is 11.3 Å². The summed E-state index contributed by atoms with van der Waals surface area (Å²) in [6.45, 7) is 8.33. The van der Waals surface area contributed by atoms with Crippen LogP contribution in [0.2, 0.25) is 0 Å². The van der Waals surface area contributed by atoms with Crippen LogP contribution in [0.25, 0.3) is 0 Å². The Balaban J connectivity index is 0.00000128. The van der Waals surface area contributed by atoms with Gasteiger partial charge in [-0.3, -0.25) is 4.79 Å². The predicted molar refractivity (Wildman–Crippen MR) is 67.8 cm³/mol. The Morgan fingerprint density at radius 3 is 2.31 bits per heavy atom. The number of nitrogens with zero attached hydrogens (tertiary/aromatic N) is 1. The Labute approximate surface area is 104 Å². The van der Waals surface area contributed by atoms with Gasteiger partial charge in [-0.25, -0.2) is 0 Å². The second-order valence-corrected chi connectivity index (χ2v) is 5.34. The topological polar surface area (TPSA) is 32.3 Å². The van der Waals surface area contributed by atoms with Crippen molar-refractivity contribution in [1.29, 1.82) is 0 Å². The van der Waals surface area contributed by atoms with Crippen molar-refractivity contribution in [3.05, 3.63) is 0 Å². The number of piperidine rings is 1. The third-order valence-electron chi connectivity index (χ3n) is 4.27. The molecule has 2 saturated heterocycles. The molecule has 0 aromatic rings. The van der Waals surface area contributed by atoms with Crippen LogP contribution in [0.15, 0.2) is 0 Å². The zero-order valence-corrected chi connectivity index (χ0v) is 11.1. The van der Waals surface area contributed by atoms with E-state index in [1.54, 1.807) is 0 Å². The lowest BCUT2D eigenvalue weighted by molar-refractivity contribution is -0.139. The van der Waals surface area contributed by atoms with E-state index in [0.717, 1.165) is 26.2 Å². The van der Waals surface area contributed by atoms with E-state index in [1.807, 2.05) is 0 Å². The Kier molecular flexibility index (Phi) is 4.62. The van der Waals surface area contributed by atoms with Gasteiger partial charge in [0, 0.05) is 26.2 Å². The van der Waals surface area contributed by atoms with Crippen LogP contribution in [0, 0.1) is 11.3 Å². The van der Waals surface area contributed by atoms with Gasteiger partial charge in [-0.2, -0.15) is 0 Å². The molecule has 0 atom stereocenters. The smallest absolute Gasteiger partial charge is 0.228 e. The number of carbonyl (C=O) groups is 1. The Morgan fingerprint density at radius 1 is 1.38 bits per heavy atom. The highest BCUT2D eigenvalue weighted by Gasteiger charge is 2.34. The number of halogens is 1. The zero-order valence-electron chi connectivity index (χ0n) is 10.3. The molecule has 16 heavy (non-hydrogen) atoms. The number of likely N-dealkylation sites (tertiary alicyclic amines) is 1. The van der Waals surface area contributed by atoms with E-state index in [-0.39, 0.29) is 18.3 Å². The van der Waals surface area contributed by atoms with Crippen LogP contribution >= 0.6 is 12.4 Å². The summed E-state index contributed by atoms with van der Waals surface area (Å²) in [5.74, 6) is 0.655. The molecule has 0 spiro atoms. The van der Waals surface area contributed by atoms with E-state index in [1.165, 1.54) is 19.3 Å². The molecule has 0 bridgehead atoms. The van der Waals surface area contributed by atoms with Crippen molar-refractivity contribution in [3.8, 4) is 0 Å². The lowest BCUT2D eigenvalue weighted by Gasteiger charge is -2.41. The molecular weight excluding hydrogens is 224 g/mol.